The molecule has 1 aromatic rings. The van der Waals surface area contributed by atoms with Crippen molar-refractivity contribution in [2.24, 2.45) is 0 Å². The highest BCUT2D eigenvalue weighted by Gasteiger charge is 2.21. The molecule has 1 aliphatic rings. The number of benzene rings is 1. The maximum Gasteiger partial charge on any atom is 0.223 e. The van der Waals surface area contributed by atoms with Crippen molar-refractivity contribution < 1.29 is 17.6 Å². The van der Waals surface area contributed by atoms with Crippen molar-refractivity contribution >= 4 is 15.7 Å². The van der Waals surface area contributed by atoms with Gasteiger partial charge in [-0.25, -0.2) is 12.8 Å². The number of piperazine rings is 1. The van der Waals surface area contributed by atoms with Crippen molar-refractivity contribution in [1.29, 1.82) is 0 Å². The van der Waals surface area contributed by atoms with Crippen LogP contribution >= 0.6 is 0 Å². The average molecular weight is 356 g/mol. The molecule has 0 N–H and O–H groups in total. The van der Waals surface area contributed by atoms with Gasteiger partial charge in [-0.1, -0.05) is 18.2 Å². The van der Waals surface area contributed by atoms with E-state index < -0.39 is 9.84 Å². The molecule has 0 unspecified atom stereocenters. The van der Waals surface area contributed by atoms with Gasteiger partial charge >= 0.3 is 0 Å². The Morgan fingerprint density at radius 1 is 1.17 bits per heavy atom. The lowest BCUT2D eigenvalue weighted by atomic mass is 10.1. The highest BCUT2D eigenvalue weighted by atomic mass is 32.2. The van der Waals surface area contributed by atoms with Crippen LogP contribution in [0.2, 0.25) is 0 Å². The molecule has 5 nitrogen and oxygen atoms in total. The summed E-state index contributed by atoms with van der Waals surface area (Å²) in [6.07, 6.45) is 2.79. The zero-order chi connectivity index (χ0) is 17.6. The first kappa shape index (κ1) is 18.9. The number of nitrogens with zero attached hydrogens (tertiary/aromatic N) is 2. The van der Waals surface area contributed by atoms with Crippen LogP contribution in [0.5, 0.6) is 0 Å². The summed E-state index contributed by atoms with van der Waals surface area (Å²) in [6.45, 7) is 3.69. The molecule has 0 aliphatic carbocycles. The Balaban J connectivity index is 1.67. The SMILES string of the molecule is CS(=O)(=O)CCC(=O)N1CCN(CCCc2ccccc2F)CC1. The van der Waals surface area contributed by atoms with E-state index in [1.165, 1.54) is 6.07 Å². The smallest absolute Gasteiger partial charge is 0.223 e. The molecule has 24 heavy (non-hydrogen) atoms. The molecular weight excluding hydrogens is 331 g/mol. The van der Waals surface area contributed by atoms with Crippen molar-refractivity contribution in [3.63, 3.8) is 0 Å². The van der Waals surface area contributed by atoms with Gasteiger partial charge in [-0.15, -0.1) is 0 Å². The van der Waals surface area contributed by atoms with Gasteiger partial charge in [0, 0.05) is 38.9 Å². The van der Waals surface area contributed by atoms with E-state index in [1.807, 2.05) is 12.1 Å². The van der Waals surface area contributed by atoms with Crippen LogP contribution in [0.3, 0.4) is 0 Å². The van der Waals surface area contributed by atoms with Crippen LogP contribution in [0.1, 0.15) is 18.4 Å². The Kier molecular flexibility index (Phi) is 6.74. The van der Waals surface area contributed by atoms with Gasteiger partial charge in [-0.2, -0.15) is 0 Å². The van der Waals surface area contributed by atoms with Crippen molar-refractivity contribution in [3.8, 4) is 0 Å². The van der Waals surface area contributed by atoms with Gasteiger partial charge in [0.15, 0.2) is 0 Å². The second-order valence-electron chi connectivity index (χ2n) is 6.30. The molecule has 0 spiro atoms. The Labute approximate surface area is 143 Å². The predicted molar refractivity (Wildman–Crippen MR) is 92.1 cm³/mol. The fourth-order valence-corrected chi connectivity index (χ4v) is 3.39. The summed E-state index contributed by atoms with van der Waals surface area (Å²) in [5.74, 6) is -0.334. The lowest BCUT2D eigenvalue weighted by molar-refractivity contribution is -0.132. The quantitative estimate of drug-likeness (QED) is 0.740. The second-order valence-corrected chi connectivity index (χ2v) is 8.56. The number of aryl methyl sites for hydroxylation is 1. The third kappa shape index (κ3) is 6.20. The molecule has 1 saturated heterocycles. The number of sulfone groups is 1. The van der Waals surface area contributed by atoms with Gasteiger partial charge in [0.25, 0.3) is 0 Å². The topological polar surface area (TPSA) is 57.7 Å². The third-order valence-electron chi connectivity index (χ3n) is 4.29. The van der Waals surface area contributed by atoms with E-state index in [-0.39, 0.29) is 23.9 Å². The predicted octanol–water partition coefficient (Wildman–Crippen LogP) is 1.34. The van der Waals surface area contributed by atoms with Gasteiger partial charge in [0.1, 0.15) is 15.7 Å². The fourth-order valence-electron chi connectivity index (χ4n) is 2.85. The molecule has 0 bridgehead atoms. The van der Waals surface area contributed by atoms with Gasteiger partial charge in [0.05, 0.1) is 5.75 Å². The first-order valence-electron chi connectivity index (χ1n) is 8.26. The van der Waals surface area contributed by atoms with Gasteiger partial charge in [-0.3, -0.25) is 9.69 Å². The summed E-state index contributed by atoms with van der Waals surface area (Å²) in [4.78, 5) is 16.0. The first-order chi connectivity index (χ1) is 11.3. The molecule has 0 atom stereocenters. The molecular formula is C17H25FN2O3S. The summed E-state index contributed by atoms with van der Waals surface area (Å²) in [5, 5.41) is 0. The third-order valence-corrected chi connectivity index (χ3v) is 5.24. The summed E-state index contributed by atoms with van der Waals surface area (Å²) < 4.78 is 35.8. The Morgan fingerprint density at radius 2 is 1.83 bits per heavy atom. The largest absolute Gasteiger partial charge is 0.340 e. The van der Waals surface area contributed by atoms with Crippen LogP contribution in [0.15, 0.2) is 24.3 Å². The second kappa shape index (κ2) is 8.58. The van der Waals surface area contributed by atoms with E-state index >= 15 is 0 Å². The van der Waals surface area contributed by atoms with Crippen LogP contribution in [-0.2, 0) is 21.1 Å². The van der Waals surface area contributed by atoms with E-state index in [4.69, 9.17) is 0 Å². The summed E-state index contributed by atoms with van der Waals surface area (Å²) in [7, 11) is -3.10. The molecule has 0 aromatic heterocycles. The van der Waals surface area contributed by atoms with Crippen LogP contribution in [0, 0.1) is 5.82 Å². The van der Waals surface area contributed by atoms with Crippen LogP contribution < -0.4 is 0 Å². The number of hydrogen-bond donors (Lipinski definition) is 0. The van der Waals surface area contributed by atoms with E-state index in [0.717, 1.165) is 37.9 Å². The van der Waals surface area contributed by atoms with E-state index in [1.54, 1.807) is 11.0 Å². The van der Waals surface area contributed by atoms with Gasteiger partial charge in [0.2, 0.25) is 5.91 Å². The number of carbonyl (C=O) groups excluding carboxylic acids is 1. The molecule has 134 valence electrons. The average Bonchev–Trinajstić information content (AvgIpc) is 2.54. The minimum Gasteiger partial charge on any atom is -0.340 e. The first-order valence-corrected chi connectivity index (χ1v) is 10.3. The Morgan fingerprint density at radius 3 is 2.46 bits per heavy atom. The molecule has 1 heterocycles. The minimum absolute atomic E-state index is 0.0616. The molecule has 0 radical (unpaired) electrons. The Hall–Kier alpha value is -1.47. The van der Waals surface area contributed by atoms with Crippen LogP contribution in [-0.4, -0.2) is 68.9 Å². The fraction of sp³-hybridized carbons (Fsp3) is 0.588. The van der Waals surface area contributed by atoms with Crippen LogP contribution in [0.4, 0.5) is 4.39 Å². The lowest BCUT2D eigenvalue weighted by Crippen LogP contribution is -2.49. The van der Waals surface area contributed by atoms with E-state index in [0.29, 0.717) is 19.5 Å². The van der Waals surface area contributed by atoms with E-state index in [2.05, 4.69) is 4.90 Å². The molecule has 1 fully saturated rings. The number of amides is 1. The number of carbonyl (C=O) groups is 1. The normalized spacial score (nSPS) is 16.3. The number of hydrogen-bond acceptors (Lipinski definition) is 4. The van der Waals surface area contributed by atoms with Crippen molar-refractivity contribution in [1.82, 2.24) is 9.80 Å². The molecule has 2 rings (SSSR count). The standard InChI is InChI=1S/C17H25FN2O3S/c1-24(22,23)14-8-17(21)20-12-10-19(11-13-20)9-4-6-15-5-2-3-7-16(15)18/h2-3,5,7H,4,6,8-14H2,1H3. The maximum absolute atomic E-state index is 13.6. The van der Waals surface area contributed by atoms with E-state index in [9.17, 15) is 17.6 Å². The minimum atomic E-state index is -3.10. The van der Waals surface area contributed by atoms with Gasteiger partial charge in [-0.05, 0) is 31.0 Å². The number of rotatable bonds is 7. The molecule has 1 aromatic carbocycles. The van der Waals surface area contributed by atoms with Crippen molar-refractivity contribution in [2.75, 3.05) is 44.7 Å². The highest BCUT2D eigenvalue weighted by molar-refractivity contribution is 7.90. The van der Waals surface area contributed by atoms with Gasteiger partial charge < -0.3 is 4.90 Å². The zero-order valence-electron chi connectivity index (χ0n) is 14.1. The monoisotopic (exact) mass is 356 g/mol. The van der Waals surface area contributed by atoms with Crippen LogP contribution in [0.25, 0.3) is 0 Å². The molecule has 1 amide bonds. The Bertz CT molecular complexity index is 656. The van der Waals surface area contributed by atoms with Crippen molar-refractivity contribution in [2.45, 2.75) is 19.3 Å². The number of halogens is 1. The lowest BCUT2D eigenvalue weighted by Gasteiger charge is -2.34. The summed E-state index contributed by atoms with van der Waals surface area (Å²) >= 11 is 0. The molecule has 1 aliphatic heterocycles. The van der Waals surface area contributed by atoms with Crippen molar-refractivity contribution in [3.05, 3.63) is 35.6 Å². The summed E-state index contributed by atoms with van der Waals surface area (Å²) in [5.41, 5.74) is 0.743. The highest BCUT2D eigenvalue weighted by Crippen LogP contribution is 2.11. The maximum atomic E-state index is 13.6. The molecule has 7 heteroatoms. The molecule has 0 saturated carbocycles. The zero-order valence-corrected chi connectivity index (χ0v) is 14.9. The summed E-state index contributed by atoms with van der Waals surface area (Å²) in [6, 6.07) is 6.84.